The van der Waals surface area contributed by atoms with Gasteiger partial charge in [-0.25, -0.2) is 9.97 Å². The molecule has 3 N–H and O–H groups in total. The SMILES string of the molecule is Nc1ncc(-c2cc(N3CCC(CO)C3)nc(N3CC4CC3C4)n2)cc1OC(F)F. The summed E-state index contributed by atoms with van der Waals surface area (Å²) in [6.45, 7) is -0.386. The van der Waals surface area contributed by atoms with Crippen LogP contribution in [-0.2, 0) is 0 Å². The molecular weight excluding hydrogens is 394 g/mol. The molecule has 30 heavy (non-hydrogen) atoms. The Kier molecular flexibility index (Phi) is 4.80. The topological polar surface area (TPSA) is 101 Å². The smallest absolute Gasteiger partial charge is 0.387 e. The first kappa shape index (κ1) is 19.2. The third kappa shape index (κ3) is 3.49. The molecule has 4 aliphatic rings. The fourth-order valence-corrected chi connectivity index (χ4v) is 4.61. The summed E-state index contributed by atoms with van der Waals surface area (Å²) < 4.78 is 30.0. The van der Waals surface area contributed by atoms with E-state index in [1.165, 1.54) is 12.3 Å². The normalized spacial score (nSPS) is 25.1. The number of ether oxygens (including phenoxy) is 1. The second kappa shape index (κ2) is 7.50. The van der Waals surface area contributed by atoms with Crippen molar-refractivity contribution >= 4 is 17.6 Å². The molecular formula is C20H24F2N6O2. The van der Waals surface area contributed by atoms with Crippen LogP contribution in [0, 0.1) is 11.8 Å². The molecule has 4 fully saturated rings. The Labute approximate surface area is 172 Å². The summed E-state index contributed by atoms with van der Waals surface area (Å²) in [5, 5.41) is 9.50. The number of fused-ring (bicyclic) bond motifs is 1. The molecule has 1 saturated carbocycles. The van der Waals surface area contributed by atoms with E-state index >= 15 is 0 Å². The van der Waals surface area contributed by atoms with E-state index in [0.29, 0.717) is 29.2 Å². The van der Waals surface area contributed by atoms with Gasteiger partial charge in [-0.05, 0) is 31.2 Å². The summed E-state index contributed by atoms with van der Waals surface area (Å²) in [6.07, 6.45) is 4.73. The van der Waals surface area contributed by atoms with Crippen LogP contribution < -0.4 is 20.3 Å². The van der Waals surface area contributed by atoms with Crippen molar-refractivity contribution in [3.05, 3.63) is 18.3 Å². The first-order valence-corrected chi connectivity index (χ1v) is 10.2. The number of aromatic nitrogens is 3. The fraction of sp³-hybridized carbons (Fsp3) is 0.550. The average Bonchev–Trinajstić information content (AvgIpc) is 3.44. The zero-order valence-corrected chi connectivity index (χ0v) is 16.4. The lowest BCUT2D eigenvalue weighted by Gasteiger charge is -2.27. The van der Waals surface area contributed by atoms with Crippen molar-refractivity contribution in [2.24, 2.45) is 11.8 Å². The van der Waals surface area contributed by atoms with Gasteiger partial charge in [-0.15, -0.1) is 0 Å². The van der Waals surface area contributed by atoms with Gasteiger partial charge in [-0.3, -0.25) is 0 Å². The van der Waals surface area contributed by atoms with Crippen LogP contribution in [0.1, 0.15) is 19.3 Å². The lowest BCUT2D eigenvalue weighted by atomic mass is 9.86. The molecule has 6 rings (SSSR count). The minimum Gasteiger partial charge on any atom is -0.431 e. The summed E-state index contributed by atoms with van der Waals surface area (Å²) in [7, 11) is 0. The predicted octanol–water partition coefficient (Wildman–Crippen LogP) is 2.14. The second-order valence-corrected chi connectivity index (χ2v) is 8.32. The van der Waals surface area contributed by atoms with Gasteiger partial charge in [0.25, 0.3) is 0 Å². The Morgan fingerprint density at radius 3 is 2.73 bits per heavy atom. The minimum absolute atomic E-state index is 0.0979. The third-order valence-corrected chi connectivity index (χ3v) is 6.33. The number of pyridine rings is 1. The molecule has 3 saturated heterocycles. The van der Waals surface area contributed by atoms with E-state index in [4.69, 9.17) is 15.7 Å². The van der Waals surface area contributed by atoms with E-state index in [9.17, 15) is 13.9 Å². The highest BCUT2D eigenvalue weighted by molar-refractivity contribution is 5.68. The summed E-state index contributed by atoms with van der Waals surface area (Å²) in [6, 6.07) is 3.74. The number of nitrogens with two attached hydrogens (primary N) is 1. The van der Waals surface area contributed by atoms with Crippen LogP contribution >= 0.6 is 0 Å². The number of nitrogen functional groups attached to an aromatic ring is 1. The average molecular weight is 418 g/mol. The number of aliphatic hydroxyl groups is 1. The summed E-state index contributed by atoms with van der Waals surface area (Å²) in [5.41, 5.74) is 6.80. The van der Waals surface area contributed by atoms with Gasteiger partial charge in [0.15, 0.2) is 11.6 Å². The van der Waals surface area contributed by atoms with Crippen molar-refractivity contribution in [2.75, 3.05) is 41.8 Å². The molecule has 1 aliphatic carbocycles. The van der Waals surface area contributed by atoms with Crippen molar-refractivity contribution in [1.29, 1.82) is 0 Å². The number of aliphatic hydroxyl groups excluding tert-OH is 1. The number of hydrogen-bond donors (Lipinski definition) is 2. The van der Waals surface area contributed by atoms with Crippen LogP contribution in [0.2, 0.25) is 0 Å². The molecule has 3 aliphatic heterocycles. The van der Waals surface area contributed by atoms with Gasteiger partial charge < -0.3 is 25.4 Å². The van der Waals surface area contributed by atoms with Gasteiger partial charge in [0.1, 0.15) is 5.82 Å². The molecule has 1 unspecified atom stereocenters. The van der Waals surface area contributed by atoms with Crippen molar-refractivity contribution in [1.82, 2.24) is 15.0 Å². The van der Waals surface area contributed by atoms with Crippen LogP contribution in [-0.4, -0.2) is 59.0 Å². The van der Waals surface area contributed by atoms with Crippen LogP contribution in [0.4, 0.5) is 26.4 Å². The third-order valence-electron chi connectivity index (χ3n) is 6.33. The predicted molar refractivity (Wildman–Crippen MR) is 108 cm³/mol. The zero-order chi connectivity index (χ0) is 20.8. The molecule has 1 atom stereocenters. The van der Waals surface area contributed by atoms with E-state index in [2.05, 4.69) is 19.5 Å². The molecule has 0 radical (unpaired) electrons. The number of halogens is 2. The van der Waals surface area contributed by atoms with Gasteiger partial charge in [0.05, 0.1) is 5.69 Å². The molecule has 0 amide bonds. The van der Waals surface area contributed by atoms with Crippen molar-refractivity contribution < 1.29 is 18.6 Å². The first-order valence-electron chi connectivity index (χ1n) is 10.2. The maximum Gasteiger partial charge on any atom is 0.387 e. The van der Waals surface area contributed by atoms with E-state index in [1.54, 1.807) is 0 Å². The van der Waals surface area contributed by atoms with Gasteiger partial charge in [0.2, 0.25) is 5.95 Å². The summed E-state index contributed by atoms with van der Waals surface area (Å²) in [4.78, 5) is 17.9. The number of alkyl halides is 2. The second-order valence-electron chi connectivity index (χ2n) is 8.32. The van der Waals surface area contributed by atoms with E-state index in [0.717, 1.165) is 44.7 Å². The Balaban J connectivity index is 1.53. The number of anilines is 3. The summed E-state index contributed by atoms with van der Waals surface area (Å²) >= 11 is 0. The fourth-order valence-electron chi connectivity index (χ4n) is 4.61. The molecule has 0 aromatic carbocycles. The van der Waals surface area contributed by atoms with Crippen LogP contribution in [0.15, 0.2) is 18.3 Å². The molecule has 10 heteroatoms. The Morgan fingerprint density at radius 1 is 1.23 bits per heavy atom. The van der Waals surface area contributed by atoms with Crippen molar-refractivity contribution in [3.63, 3.8) is 0 Å². The molecule has 5 heterocycles. The van der Waals surface area contributed by atoms with Gasteiger partial charge in [0, 0.05) is 56.0 Å². The lowest BCUT2D eigenvalue weighted by Crippen LogP contribution is -2.31. The molecule has 8 nitrogen and oxygen atoms in total. The quantitative estimate of drug-likeness (QED) is 0.736. The van der Waals surface area contributed by atoms with E-state index in [-0.39, 0.29) is 24.1 Å². The Bertz CT molecular complexity index is 940. The molecule has 2 bridgehead atoms. The van der Waals surface area contributed by atoms with Crippen LogP contribution in [0.5, 0.6) is 5.75 Å². The minimum atomic E-state index is -2.99. The maximum atomic E-state index is 12.7. The molecule has 2 aromatic rings. The van der Waals surface area contributed by atoms with Gasteiger partial charge in [-0.1, -0.05) is 0 Å². The molecule has 0 spiro atoms. The van der Waals surface area contributed by atoms with Crippen LogP contribution in [0.25, 0.3) is 11.3 Å². The Morgan fingerprint density at radius 2 is 2.07 bits per heavy atom. The Hall–Kier alpha value is -2.75. The highest BCUT2D eigenvalue weighted by atomic mass is 19.3. The van der Waals surface area contributed by atoms with Gasteiger partial charge in [-0.2, -0.15) is 13.8 Å². The van der Waals surface area contributed by atoms with E-state index < -0.39 is 6.61 Å². The zero-order valence-electron chi connectivity index (χ0n) is 16.4. The highest BCUT2D eigenvalue weighted by Gasteiger charge is 2.44. The molecule has 2 aromatic heterocycles. The lowest BCUT2D eigenvalue weighted by molar-refractivity contribution is -0.0494. The molecule has 160 valence electrons. The highest BCUT2D eigenvalue weighted by Crippen LogP contribution is 2.43. The van der Waals surface area contributed by atoms with Crippen molar-refractivity contribution in [3.8, 4) is 17.0 Å². The number of rotatable bonds is 6. The van der Waals surface area contributed by atoms with Gasteiger partial charge >= 0.3 is 6.61 Å². The standard InChI is InChI=1S/C20H24F2N6O2/c21-19(22)30-16-5-13(7-24-18(16)23)15-6-17(27-2-1-11(8-27)10-29)26-20(25-15)28-9-12-3-14(28)4-12/h5-7,11-12,14,19,29H,1-4,8-10H2,(H2,23,24). The number of hydrogen-bond acceptors (Lipinski definition) is 8. The maximum absolute atomic E-state index is 12.7. The monoisotopic (exact) mass is 418 g/mol. The van der Waals surface area contributed by atoms with Crippen molar-refractivity contribution in [2.45, 2.75) is 31.9 Å². The largest absolute Gasteiger partial charge is 0.431 e. The number of nitrogens with zero attached hydrogens (tertiary/aromatic N) is 5. The first-order chi connectivity index (χ1) is 14.5. The summed E-state index contributed by atoms with van der Waals surface area (Å²) in [5.74, 6) is 2.06. The van der Waals surface area contributed by atoms with Crippen LogP contribution in [0.3, 0.4) is 0 Å². The van der Waals surface area contributed by atoms with E-state index in [1.807, 2.05) is 6.07 Å².